The molecule has 2 rings (SSSR count). The molecule has 0 aliphatic heterocycles. The van der Waals surface area contributed by atoms with E-state index in [9.17, 15) is 10.2 Å². The zero-order valence-electron chi connectivity index (χ0n) is 13.3. The molecule has 0 heterocycles. The van der Waals surface area contributed by atoms with Gasteiger partial charge in [0.05, 0.1) is 12.2 Å². The minimum atomic E-state index is -0.149. The van der Waals surface area contributed by atoms with Gasteiger partial charge in [-0.3, -0.25) is 0 Å². The van der Waals surface area contributed by atoms with E-state index >= 15 is 0 Å². The molecule has 2 fully saturated rings. The molecule has 2 heteroatoms. The summed E-state index contributed by atoms with van der Waals surface area (Å²) in [5, 5.41) is 20.9. The van der Waals surface area contributed by atoms with Crippen LogP contribution in [-0.2, 0) is 0 Å². The molecule has 3 atom stereocenters. The van der Waals surface area contributed by atoms with Crippen LogP contribution in [0.25, 0.3) is 0 Å². The molecule has 2 nitrogen and oxygen atoms in total. The van der Waals surface area contributed by atoms with Gasteiger partial charge in [0.2, 0.25) is 0 Å². The molecule has 2 aliphatic rings. The Morgan fingerprint density at radius 1 is 0.800 bits per heavy atom. The Morgan fingerprint density at radius 2 is 1.45 bits per heavy atom. The van der Waals surface area contributed by atoms with Gasteiger partial charge in [0, 0.05) is 0 Å². The van der Waals surface area contributed by atoms with Crippen molar-refractivity contribution in [2.24, 2.45) is 11.3 Å². The van der Waals surface area contributed by atoms with Crippen molar-refractivity contribution < 1.29 is 10.2 Å². The summed E-state index contributed by atoms with van der Waals surface area (Å²) < 4.78 is 0. The van der Waals surface area contributed by atoms with E-state index in [-0.39, 0.29) is 17.6 Å². The van der Waals surface area contributed by atoms with Gasteiger partial charge in [0.15, 0.2) is 0 Å². The maximum absolute atomic E-state index is 10.8. The Balaban J connectivity index is 2.13. The third-order valence-corrected chi connectivity index (χ3v) is 6.20. The molecule has 2 aliphatic carbocycles. The van der Waals surface area contributed by atoms with Gasteiger partial charge in [-0.2, -0.15) is 0 Å². The quantitative estimate of drug-likeness (QED) is 0.786. The Labute approximate surface area is 125 Å². The minimum Gasteiger partial charge on any atom is -0.393 e. The molecule has 3 unspecified atom stereocenters. The summed E-state index contributed by atoms with van der Waals surface area (Å²) in [6, 6.07) is 0. The van der Waals surface area contributed by atoms with Crippen LogP contribution in [0, 0.1) is 11.3 Å². The Hall–Kier alpha value is -0.0800. The molecule has 0 radical (unpaired) electrons. The number of aliphatic hydroxyl groups is 2. The van der Waals surface area contributed by atoms with Crippen LogP contribution in [0.15, 0.2) is 0 Å². The molecule has 0 aromatic rings. The second kappa shape index (κ2) is 7.79. The molecule has 0 saturated heterocycles. The summed E-state index contributed by atoms with van der Waals surface area (Å²) in [6.45, 7) is 2.26. The van der Waals surface area contributed by atoms with Gasteiger partial charge < -0.3 is 10.2 Å². The average Bonchev–Trinajstić information content (AvgIpc) is 2.39. The van der Waals surface area contributed by atoms with Crippen LogP contribution in [0.2, 0.25) is 0 Å². The van der Waals surface area contributed by atoms with Crippen LogP contribution in [0.1, 0.15) is 90.4 Å². The van der Waals surface area contributed by atoms with Crippen molar-refractivity contribution >= 4 is 0 Å². The molecule has 118 valence electrons. The second-order valence-corrected chi connectivity index (χ2v) is 7.27. The van der Waals surface area contributed by atoms with E-state index in [0.29, 0.717) is 5.92 Å². The number of hydrogen-bond donors (Lipinski definition) is 2. The summed E-state index contributed by atoms with van der Waals surface area (Å²) in [6.07, 6.45) is 14.8. The summed E-state index contributed by atoms with van der Waals surface area (Å²) in [5.41, 5.74) is 0.0821. The van der Waals surface area contributed by atoms with Gasteiger partial charge in [0.25, 0.3) is 0 Å². The molecule has 2 N–H and O–H groups in total. The largest absolute Gasteiger partial charge is 0.393 e. The first kappa shape index (κ1) is 16.3. The lowest BCUT2D eigenvalue weighted by molar-refractivity contribution is -0.0622. The summed E-state index contributed by atoms with van der Waals surface area (Å²) in [4.78, 5) is 0. The molecule has 0 amide bonds. The molecule has 2 saturated carbocycles. The molecular weight excluding hydrogens is 248 g/mol. The summed E-state index contributed by atoms with van der Waals surface area (Å²) in [5.74, 6) is 0.674. The summed E-state index contributed by atoms with van der Waals surface area (Å²) in [7, 11) is 0. The maximum Gasteiger partial charge on any atom is 0.0599 e. The zero-order valence-corrected chi connectivity index (χ0v) is 13.3. The number of hydrogen-bond acceptors (Lipinski definition) is 2. The van der Waals surface area contributed by atoms with Crippen LogP contribution < -0.4 is 0 Å². The van der Waals surface area contributed by atoms with Crippen molar-refractivity contribution in [3.05, 3.63) is 0 Å². The van der Waals surface area contributed by atoms with Crippen LogP contribution in [0.4, 0.5) is 0 Å². The first-order valence-electron chi connectivity index (χ1n) is 9.05. The first-order chi connectivity index (χ1) is 9.69. The monoisotopic (exact) mass is 282 g/mol. The van der Waals surface area contributed by atoms with E-state index in [1.807, 2.05) is 0 Å². The molecule has 0 spiro atoms. The molecule has 0 aromatic carbocycles. The van der Waals surface area contributed by atoms with Crippen molar-refractivity contribution in [1.82, 2.24) is 0 Å². The number of rotatable bonds is 2. The van der Waals surface area contributed by atoms with Gasteiger partial charge >= 0.3 is 0 Å². The van der Waals surface area contributed by atoms with Gasteiger partial charge in [-0.25, -0.2) is 0 Å². The highest BCUT2D eigenvalue weighted by molar-refractivity contribution is 4.93. The standard InChI is InChI=1S/C18H34O2/c1-2-18(15-9-6-4-3-5-7-10-15)14-13-16(19)11-8-12-17(18)20/h15-17,19-20H,2-14H2,1H3. The molecule has 20 heavy (non-hydrogen) atoms. The van der Waals surface area contributed by atoms with E-state index in [0.717, 1.165) is 38.5 Å². The lowest BCUT2D eigenvalue weighted by Gasteiger charge is -2.46. The van der Waals surface area contributed by atoms with Crippen molar-refractivity contribution in [2.75, 3.05) is 0 Å². The van der Waals surface area contributed by atoms with Gasteiger partial charge in [0.1, 0.15) is 0 Å². The minimum absolute atomic E-state index is 0.0821. The molecule has 0 bridgehead atoms. The highest BCUT2D eigenvalue weighted by Crippen LogP contribution is 2.48. The van der Waals surface area contributed by atoms with Crippen molar-refractivity contribution in [2.45, 2.75) is 103 Å². The Morgan fingerprint density at radius 3 is 2.10 bits per heavy atom. The van der Waals surface area contributed by atoms with Gasteiger partial charge in [-0.1, -0.05) is 39.0 Å². The zero-order chi connectivity index (χ0) is 14.4. The lowest BCUT2D eigenvalue weighted by Crippen LogP contribution is -2.43. The van der Waals surface area contributed by atoms with Crippen LogP contribution >= 0.6 is 0 Å². The van der Waals surface area contributed by atoms with E-state index in [4.69, 9.17) is 0 Å². The van der Waals surface area contributed by atoms with E-state index in [2.05, 4.69) is 6.92 Å². The Bertz CT molecular complexity index is 271. The van der Waals surface area contributed by atoms with Gasteiger partial charge in [-0.05, 0) is 62.7 Å². The highest BCUT2D eigenvalue weighted by Gasteiger charge is 2.43. The lowest BCUT2D eigenvalue weighted by atomic mass is 9.61. The SMILES string of the molecule is CCC1(C2CCCCCCC2)CCC(O)CCCC1O. The second-order valence-electron chi connectivity index (χ2n) is 7.27. The summed E-state index contributed by atoms with van der Waals surface area (Å²) >= 11 is 0. The maximum atomic E-state index is 10.8. The Kier molecular flexibility index (Phi) is 6.35. The smallest absolute Gasteiger partial charge is 0.0599 e. The third-order valence-electron chi connectivity index (χ3n) is 6.20. The van der Waals surface area contributed by atoms with Crippen LogP contribution in [0.3, 0.4) is 0 Å². The van der Waals surface area contributed by atoms with E-state index < -0.39 is 0 Å². The fourth-order valence-electron chi connectivity index (χ4n) is 4.79. The highest BCUT2D eigenvalue weighted by atomic mass is 16.3. The third kappa shape index (κ3) is 3.76. The van der Waals surface area contributed by atoms with Crippen LogP contribution in [0.5, 0.6) is 0 Å². The van der Waals surface area contributed by atoms with Crippen LogP contribution in [-0.4, -0.2) is 22.4 Å². The fraction of sp³-hybridized carbons (Fsp3) is 1.00. The van der Waals surface area contributed by atoms with E-state index in [1.165, 1.54) is 44.9 Å². The van der Waals surface area contributed by atoms with Crippen molar-refractivity contribution in [3.63, 3.8) is 0 Å². The predicted molar refractivity (Wildman–Crippen MR) is 83.6 cm³/mol. The number of aliphatic hydroxyl groups excluding tert-OH is 2. The normalized spacial score (nSPS) is 38.5. The average molecular weight is 282 g/mol. The fourth-order valence-corrected chi connectivity index (χ4v) is 4.79. The van der Waals surface area contributed by atoms with Gasteiger partial charge in [-0.15, -0.1) is 0 Å². The topological polar surface area (TPSA) is 40.5 Å². The van der Waals surface area contributed by atoms with E-state index in [1.54, 1.807) is 0 Å². The molecular formula is C18H34O2. The predicted octanol–water partition coefficient (Wildman–Crippen LogP) is 4.43. The first-order valence-corrected chi connectivity index (χ1v) is 9.05. The van der Waals surface area contributed by atoms with Crippen molar-refractivity contribution in [3.8, 4) is 0 Å². The molecule has 0 aromatic heterocycles. The van der Waals surface area contributed by atoms with Crippen molar-refractivity contribution in [1.29, 1.82) is 0 Å².